The summed E-state index contributed by atoms with van der Waals surface area (Å²) in [5.74, 6) is -4.88. The number of hydrogen-bond acceptors (Lipinski definition) is 2. The van der Waals surface area contributed by atoms with Crippen LogP contribution in [0.4, 0.5) is 22.0 Å². The summed E-state index contributed by atoms with van der Waals surface area (Å²) in [7, 11) is 0. The van der Waals surface area contributed by atoms with Crippen molar-refractivity contribution in [3.05, 3.63) is 99.9 Å². The standard InChI is InChI=1S/C28H23F5O2/c1-14(34)18-8-9-20(26(31)25(18)30)16-4-2-15(3-5-16)19-7-6-17(12-23(19)29)21-10-11-22(24-13-35-24)28(33)27(21)32/h2,6-12,14,16,24,34H,3-5,13H2,1H3. The largest absolute Gasteiger partial charge is 0.389 e. The molecule has 2 nitrogen and oxygen atoms in total. The van der Waals surface area contributed by atoms with E-state index in [1.165, 1.54) is 43.3 Å². The molecular weight excluding hydrogens is 463 g/mol. The van der Waals surface area contributed by atoms with Crippen molar-refractivity contribution in [3.63, 3.8) is 0 Å². The minimum absolute atomic E-state index is 0.0341. The van der Waals surface area contributed by atoms with Crippen LogP contribution >= 0.6 is 0 Å². The minimum atomic E-state index is -1.11. The molecule has 3 aromatic carbocycles. The third kappa shape index (κ3) is 4.39. The highest BCUT2D eigenvalue weighted by atomic mass is 19.2. The van der Waals surface area contributed by atoms with Crippen molar-refractivity contribution >= 4 is 5.57 Å². The first-order chi connectivity index (χ1) is 16.8. The molecule has 3 atom stereocenters. The monoisotopic (exact) mass is 486 g/mol. The Bertz CT molecular complexity index is 1330. The van der Waals surface area contributed by atoms with Gasteiger partial charge in [0.15, 0.2) is 23.3 Å². The average Bonchev–Trinajstić information content (AvgIpc) is 3.68. The average molecular weight is 486 g/mol. The van der Waals surface area contributed by atoms with Crippen LogP contribution < -0.4 is 0 Å². The first-order valence-corrected chi connectivity index (χ1v) is 11.5. The van der Waals surface area contributed by atoms with Crippen LogP contribution in [0.15, 0.2) is 48.5 Å². The molecule has 0 amide bonds. The van der Waals surface area contributed by atoms with Crippen molar-refractivity contribution in [1.29, 1.82) is 0 Å². The third-order valence-electron chi connectivity index (χ3n) is 6.86. The van der Waals surface area contributed by atoms with E-state index in [0.29, 0.717) is 31.4 Å². The summed E-state index contributed by atoms with van der Waals surface area (Å²) < 4.78 is 77.9. The summed E-state index contributed by atoms with van der Waals surface area (Å²) in [6.07, 6.45) is 1.59. The number of ether oxygens (including phenoxy) is 1. The molecule has 35 heavy (non-hydrogen) atoms. The number of halogens is 5. The Balaban J connectivity index is 1.37. The van der Waals surface area contributed by atoms with Gasteiger partial charge in [0.25, 0.3) is 0 Å². The molecule has 0 radical (unpaired) electrons. The van der Waals surface area contributed by atoms with Crippen molar-refractivity contribution < 1.29 is 31.8 Å². The van der Waals surface area contributed by atoms with Gasteiger partial charge in [-0.25, -0.2) is 22.0 Å². The Kier molecular flexibility index (Phi) is 6.23. The highest BCUT2D eigenvalue weighted by Crippen LogP contribution is 2.40. The Morgan fingerprint density at radius 2 is 1.54 bits per heavy atom. The lowest BCUT2D eigenvalue weighted by Gasteiger charge is -2.24. The van der Waals surface area contributed by atoms with Crippen molar-refractivity contribution in [2.24, 2.45) is 0 Å². The number of epoxide rings is 1. The predicted octanol–water partition coefficient (Wildman–Crippen LogP) is 7.52. The second-order valence-electron chi connectivity index (χ2n) is 9.10. The number of rotatable bonds is 5. The molecule has 2 aliphatic rings. The SMILES string of the molecule is CC(O)c1ccc(C2CC=C(c3ccc(-c4ccc(C5CO5)c(F)c4F)cc3F)CC2)c(F)c1F. The van der Waals surface area contributed by atoms with Crippen LogP contribution in [-0.4, -0.2) is 11.7 Å². The van der Waals surface area contributed by atoms with Gasteiger partial charge in [-0.3, -0.25) is 0 Å². The molecule has 0 aromatic heterocycles. The molecule has 1 N–H and O–H groups in total. The van der Waals surface area contributed by atoms with E-state index in [-0.39, 0.29) is 33.7 Å². The number of aliphatic hydroxyl groups excluding tert-OH is 1. The van der Waals surface area contributed by atoms with E-state index in [2.05, 4.69) is 0 Å². The molecule has 0 bridgehead atoms. The quantitative estimate of drug-likeness (QED) is 0.299. The topological polar surface area (TPSA) is 32.8 Å². The van der Waals surface area contributed by atoms with Gasteiger partial charge in [-0.15, -0.1) is 0 Å². The Hall–Kier alpha value is -3.03. The molecule has 1 heterocycles. The molecular formula is C28H23F5O2. The first-order valence-electron chi connectivity index (χ1n) is 11.5. The van der Waals surface area contributed by atoms with Gasteiger partial charge in [-0.2, -0.15) is 0 Å². The second kappa shape index (κ2) is 9.21. The van der Waals surface area contributed by atoms with Gasteiger partial charge in [0.2, 0.25) is 0 Å². The van der Waals surface area contributed by atoms with E-state index < -0.39 is 41.3 Å². The molecule has 7 heteroatoms. The molecule has 0 saturated carbocycles. The maximum absolute atomic E-state index is 15.0. The third-order valence-corrected chi connectivity index (χ3v) is 6.86. The number of aliphatic hydroxyl groups is 1. The van der Waals surface area contributed by atoms with Crippen LogP contribution in [0.25, 0.3) is 16.7 Å². The summed E-state index contributed by atoms with van der Waals surface area (Å²) in [5, 5.41) is 9.58. The lowest BCUT2D eigenvalue weighted by Crippen LogP contribution is -2.10. The fourth-order valence-electron chi connectivity index (χ4n) is 4.79. The molecule has 0 spiro atoms. The van der Waals surface area contributed by atoms with E-state index in [9.17, 15) is 22.7 Å². The summed E-state index contributed by atoms with van der Waals surface area (Å²) in [4.78, 5) is 0. The molecule has 1 saturated heterocycles. The molecule has 1 aliphatic heterocycles. The molecule has 3 aromatic rings. The van der Waals surface area contributed by atoms with Gasteiger partial charge in [-0.05, 0) is 54.9 Å². The number of hydrogen-bond donors (Lipinski definition) is 1. The highest BCUT2D eigenvalue weighted by Gasteiger charge is 2.30. The van der Waals surface area contributed by atoms with Crippen LogP contribution in [0.1, 0.15) is 66.6 Å². The van der Waals surface area contributed by atoms with E-state index in [0.717, 1.165) is 5.57 Å². The Morgan fingerprint density at radius 3 is 2.17 bits per heavy atom. The van der Waals surface area contributed by atoms with Gasteiger partial charge in [0.05, 0.1) is 12.7 Å². The Morgan fingerprint density at radius 1 is 0.857 bits per heavy atom. The van der Waals surface area contributed by atoms with Gasteiger partial charge >= 0.3 is 0 Å². The minimum Gasteiger partial charge on any atom is -0.389 e. The lowest BCUT2D eigenvalue weighted by molar-refractivity contribution is 0.192. The van der Waals surface area contributed by atoms with Crippen LogP contribution in [0.2, 0.25) is 0 Å². The summed E-state index contributed by atoms with van der Waals surface area (Å²) in [6.45, 7) is 1.72. The van der Waals surface area contributed by atoms with E-state index in [4.69, 9.17) is 4.74 Å². The van der Waals surface area contributed by atoms with Crippen molar-refractivity contribution in [1.82, 2.24) is 0 Å². The van der Waals surface area contributed by atoms with E-state index in [1.54, 1.807) is 12.1 Å². The van der Waals surface area contributed by atoms with Crippen molar-refractivity contribution in [3.8, 4) is 11.1 Å². The van der Waals surface area contributed by atoms with Crippen molar-refractivity contribution in [2.75, 3.05) is 6.61 Å². The molecule has 1 fully saturated rings. The van der Waals surface area contributed by atoms with Crippen molar-refractivity contribution in [2.45, 2.75) is 44.3 Å². The van der Waals surface area contributed by atoms with Crippen LogP contribution in [0.5, 0.6) is 0 Å². The normalized spacial score (nSPS) is 20.5. The molecule has 3 unspecified atom stereocenters. The zero-order valence-corrected chi connectivity index (χ0v) is 18.9. The zero-order valence-electron chi connectivity index (χ0n) is 18.9. The van der Waals surface area contributed by atoms with E-state index >= 15 is 4.39 Å². The van der Waals surface area contributed by atoms with Gasteiger partial charge in [0, 0.05) is 22.3 Å². The predicted molar refractivity (Wildman–Crippen MR) is 122 cm³/mol. The number of allylic oxidation sites excluding steroid dienone is 2. The van der Waals surface area contributed by atoms with Gasteiger partial charge in [-0.1, -0.05) is 42.5 Å². The van der Waals surface area contributed by atoms with Gasteiger partial charge in [0.1, 0.15) is 11.9 Å². The second-order valence-corrected chi connectivity index (χ2v) is 9.10. The van der Waals surface area contributed by atoms with Crippen LogP contribution in [0.3, 0.4) is 0 Å². The number of benzene rings is 3. The lowest BCUT2D eigenvalue weighted by atomic mass is 9.81. The van der Waals surface area contributed by atoms with Gasteiger partial charge < -0.3 is 9.84 Å². The first kappa shape index (κ1) is 23.7. The summed E-state index contributed by atoms with van der Waals surface area (Å²) >= 11 is 0. The highest BCUT2D eigenvalue weighted by molar-refractivity contribution is 5.72. The Labute approximate surface area is 199 Å². The molecule has 182 valence electrons. The maximum Gasteiger partial charge on any atom is 0.167 e. The summed E-state index contributed by atoms with van der Waals surface area (Å²) in [6, 6.07) is 10.0. The summed E-state index contributed by atoms with van der Waals surface area (Å²) in [5.41, 5.74) is 1.54. The fraction of sp³-hybridized carbons (Fsp3) is 0.286. The molecule has 1 aliphatic carbocycles. The fourth-order valence-corrected chi connectivity index (χ4v) is 4.79. The smallest absolute Gasteiger partial charge is 0.167 e. The van der Waals surface area contributed by atoms with E-state index in [1.807, 2.05) is 0 Å². The zero-order chi connectivity index (χ0) is 24.9. The molecule has 5 rings (SSSR count). The van der Waals surface area contributed by atoms with Crippen LogP contribution in [-0.2, 0) is 4.74 Å². The maximum atomic E-state index is 15.0. The van der Waals surface area contributed by atoms with Crippen LogP contribution in [0, 0.1) is 29.1 Å².